The van der Waals surface area contributed by atoms with E-state index >= 15 is 0 Å². The maximum atomic E-state index is 12.6. The Morgan fingerprint density at radius 2 is 1.96 bits per heavy atom. The van der Waals surface area contributed by atoms with Crippen molar-refractivity contribution in [2.45, 2.75) is 24.3 Å². The summed E-state index contributed by atoms with van der Waals surface area (Å²) >= 11 is 0. The molecule has 0 bridgehead atoms. The molecule has 1 unspecified atom stereocenters. The predicted octanol–water partition coefficient (Wildman–Crippen LogP) is 2.10. The van der Waals surface area contributed by atoms with Gasteiger partial charge in [0, 0.05) is 20.0 Å². The van der Waals surface area contributed by atoms with Gasteiger partial charge in [0.1, 0.15) is 16.4 Å². The summed E-state index contributed by atoms with van der Waals surface area (Å²) in [6.45, 7) is 1.87. The number of nitrogens with zero attached hydrogens (tertiary/aromatic N) is 1. The lowest BCUT2D eigenvalue weighted by molar-refractivity contribution is -0.126. The van der Waals surface area contributed by atoms with Crippen LogP contribution in [0.25, 0.3) is 0 Å². The Kier molecular flexibility index (Phi) is 5.38. The lowest BCUT2D eigenvalue weighted by Crippen LogP contribution is -2.45. The number of benzene rings is 2. The molecule has 2 aromatic rings. The topological polar surface area (TPSA) is 84.9 Å². The van der Waals surface area contributed by atoms with Crippen molar-refractivity contribution in [1.82, 2.24) is 4.72 Å². The van der Waals surface area contributed by atoms with Gasteiger partial charge in [-0.2, -0.15) is 0 Å². The highest BCUT2D eigenvalue weighted by atomic mass is 32.2. The Labute approximate surface area is 158 Å². The molecule has 144 valence electrons. The van der Waals surface area contributed by atoms with Gasteiger partial charge in [0.25, 0.3) is 5.91 Å². The van der Waals surface area contributed by atoms with Gasteiger partial charge in [-0.15, -0.1) is 0 Å². The maximum Gasteiger partial charge on any atom is 0.267 e. The zero-order chi connectivity index (χ0) is 19.6. The summed E-state index contributed by atoms with van der Waals surface area (Å²) in [6.07, 6.45) is -0.530. The summed E-state index contributed by atoms with van der Waals surface area (Å²) in [5.74, 6) is 0.667. The molecule has 7 nitrogen and oxygen atoms in total. The number of methoxy groups -OCH3 is 1. The van der Waals surface area contributed by atoms with Crippen LogP contribution in [0.2, 0.25) is 0 Å². The van der Waals surface area contributed by atoms with Gasteiger partial charge in [0.15, 0.2) is 6.10 Å². The molecule has 27 heavy (non-hydrogen) atoms. The number of sulfonamides is 1. The average molecular weight is 390 g/mol. The molecule has 2 aromatic carbocycles. The molecule has 8 heteroatoms. The number of anilines is 1. The Morgan fingerprint density at radius 3 is 2.70 bits per heavy atom. The second-order valence-corrected chi connectivity index (χ2v) is 8.05. The normalized spacial score (nSPS) is 16.6. The van der Waals surface area contributed by atoms with Crippen LogP contribution in [-0.4, -0.2) is 41.1 Å². The van der Waals surface area contributed by atoms with E-state index in [0.29, 0.717) is 11.4 Å². The number of nitrogens with one attached hydrogen (secondary N) is 1. The van der Waals surface area contributed by atoms with Crippen LogP contribution in [0.3, 0.4) is 0 Å². The number of para-hydroxylation sites is 2. The van der Waals surface area contributed by atoms with E-state index < -0.39 is 16.1 Å². The minimum absolute atomic E-state index is 0.0614. The predicted molar refractivity (Wildman–Crippen MR) is 102 cm³/mol. The third kappa shape index (κ3) is 3.91. The first-order valence-corrected chi connectivity index (χ1v) is 9.99. The smallest absolute Gasteiger partial charge is 0.267 e. The molecule has 0 spiro atoms. The lowest BCUT2D eigenvalue weighted by Gasteiger charge is -2.31. The molecule has 0 aliphatic carbocycles. The largest absolute Gasteiger partial charge is 0.495 e. The fourth-order valence-electron chi connectivity index (χ4n) is 2.95. The first-order valence-electron chi connectivity index (χ1n) is 8.51. The molecule has 0 radical (unpaired) electrons. The second-order valence-electron chi connectivity index (χ2n) is 6.31. The second kappa shape index (κ2) is 7.58. The monoisotopic (exact) mass is 390 g/mol. The quantitative estimate of drug-likeness (QED) is 0.816. The minimum Gasteiger partial charge on any atom is -0.495 e. The van der Waals surface area contributed by atoms with Crippen molar-refractivity contribution in [1.29, 1.82) is 0 Å². The maximum absolute atomic E-state index is 12.6. The van der Waals surface area contributed by atoms with E-state index in [9.17, 15) is 13.2 Å². The number of carbonyl (C=O) groups is 1. The first kappa shape index (κ1) is 19.2. The molecule has 0 aromatic heterocycles. The fraction of sp³-hybridized carbons (Fsp3) is 0.316. The highest BCUT2D eigenvalue weighted by Gasteiger charge is 2.32. The number of amides is 1. The Bertz CT molecular complexity index is 958. The third-order valence-electron chi connectivity index (χ3n) is 4.41. The zero-order valence-electron chi connectivity index (χ0n) is 15.4. The summed E-state index contributed by atoms with van der Waals surface area (Å²) in [5, 5.41) is 0. The number of rotatable bonds is 6. The Hall–Kier alpha value is -2.58. The van der Waals surface area contributed by atoms with Crippen molar-refractivity contribution in [3.63, 3.8) is 0 Å². The first-order chi connectivity index (χ1) is 12.8. The number of hydrogen-bond acceptors (Lipinski definition) is 5. The number of fused-ring (bicyclic) bond motifs is 1. The highest BCUT2D eigenvalue weighted by molar-refractivity contribution is 7.89. The summed E-state index contributed by atoms with van der Waals surface area (Å²) < 4.78 is 38.7. The molecule has 0 saturated carbocycles. The van der Waals surface area contributed by atoms with Gasteiger partial charge in [-0.1, -0.05) is 18.2 Å². The van der Waals surface area contributed by atoms with Gasteiger partial charge in [-0.3, -0.25) is 4.79 Å². The Morgan fingerprint density at radius 1 is 1.22 bits per heavy atom. The molecule has 1 heterocycles. The van der Waals surface area contributed by atoms with Crippen molar-refractivity contribution in [3.8, 4) is 11.5 Å². The molecule has 0 fully saturated rings. The van der Waals surface area contributed by atoms with E-state index in [4.69, 9.17) is 9.47 Å². The van der Waals surface area contributed by atoms with Crippen LogP contribution in [0.15, 0.2) is 47.4 Å². The van der Waals surface area contributed by atoms with E-state index in [1.165, 1.54) is 12.0 Å². The molecule has 3 rings (SSSR count). The average Bonchev–Trinajstić information content (AvgIpc) is 2.65. The van der Waals surface area contributed by atoms with Gasteiger partial charge in [-0.05, 0) is 36.8 Å². The van der Waals surface area contributed by atoms with Gasteiger partial charge >= 0.3 is 0 Å². The van der Waals surface area contributed by atoms with Crippen LogP contribution in [0.4, 0.5) is 5.69 Å². The van der Waals surface area contributed by atoms with Crippen LogP contribution in [0.1, 0.15) is 12.0 Å². The SMILES string of the molecule is COc1ccc(C)cc1S(=O)(=O)NCCC1Oc2ccccc2N(C)C1=O. The number of likely N-dealkylation sites (N-methyl/N-ethyl adjacent to an activating group) is 1. The number of hydrogen-bond donors (Lipinski definition) is 1. The minimum atomic E-state index is -3.77. The zero-order valence-corrected chi connectivity index (χ0v) is 16.2. The van der Waals surface area contributed by atoms with Crippen LogP contribution < -0.4 is 19.1 Å². The van der Waals surface area contributed by atoms with Gasteiger partial charge in [-0.25, -0.2) is 13.1 Å². The van der Waals surface area contributed by atoms with Crippen LogP contribution in [-0.2, 0) is 14.8 Å². The number of aryl methyl sites for hydroxylation is 1. The summed E-state index contributed by atoms with van der Waals surface area (Å²) in [7, 11) is -0.672. The standard InChI is InChI=1S/C19H22N2O5S/c1-13-8-9-16(25-3)18(12-13)27(23,24)20-11-10-17-19(22)21(2)14-6-4-5-7-15(14)26-17/h4-9,12,17,20H,10-11H2,1-3H3. The summed E-state index contributed by atoms with van der Waals surface area (Å²) in [6, 6.07) is 12.2. The van der Waals surface area contributed by atoms with E-state index in [2.05, 4.69) is 4.72 Å². The summed E-state index contributed by atoms with van der Waals surface area (Å²) in [5.41, 5.74) is 1.50. The number of ether oxygens (including phenoxy) is 2. The molecule has 0 saturated heterocycles. The van der Waals surface area contributed by atoms with Crippen molar-refractivity contribution in [3.05, 3.63) is 48.0 Å². The molecule has 1 amide bonds. The molecule has 1 aliphatic rings. The molecule has 1 aliphatic heterocycles. The highest BCUT2D eigenvalue weighted by Crippen LogP contribution is 2.33. The van der Waals surface area contributed by atoms with Crippen LogP contribution in [0.5, 0.6) is 11.5 Å². The van der Waals surface area contributed by atoms with Crippen LogP contribution >= 0.6 is 0 Å². The third-order valence-corrected chi connectivity index (χ3v) is 5.89. The fourth-order valence-corrected chi connectivity index (χ4v) is 4.25. The van der Waals surface area contributed by atoms with Crippen molar-refractivity contribution < 1.29 is 22.7 Å². The van der Waals surface area contributed by atoms with Gasteiger partial charge in [0.2, 0.25) is 10.0 Å². The van der Waals surface area contributed by atoms with Gasteiger partial charge < -0.3 is 14.4 Å². The lowest BCUT2D eigenvalue weighted by atomic mass is 10.1. The van der Waals surface area contributed by atoms with Crippen molar-refractivity contribution >= 4 is 21.6 Å². The molecular formula is C19H22N2O5S. The van der Waals surface area contributed by atoms with Crippen molar-refractivity contribution in [2.75, 3.05) is 25.6 Å². The summed E-state index contributed by atoms with van der Waals surface area (Å²) in [4.78, 5) is 14.1. The van der Waals surface area contributed by atoms with E-state index in [0.717, 1.165) is 5.56 Å². The van der Waals surface area contributed by atoms with Crippen LogP contribution in [0, 0.1) is 6.92 Å². The molecule has 1 atom stereocenters. The Balaban J connectivity index is 1.70. The van der Waals surface area contributed by atoms with E-state index in [1.807, 2.05) is 12.1 Å². The van der Waals surface area contributed by atoms with E-state index in [-0.39, 0.29) is 29.5 Å². The van der Waals surface area contributed by atoms with Crippen molar-refractivity contribution in [2.24, 2.45) is 0 Å². The number of carbonyl (C=O) groups excluding carboxylic acids is 1. The molecular weight excluding hydrogens is 368 g/mol. The van der Waals surface area contributed by atoms with E-state index in [1.54, 1.807) is 44.3 Å². The molecule has 1 N–H and O–H groups in total. The van der Waals surface area contributed by atoms with Gasteiger partial charge in [0.05, 0.1) is 12.8 Å².